The Morgan fingerprint density at radius 2 is 0.685 bits per heavy atom. The van der Waals surface area contributed by atoms with Crippen LogP contribution in [0.4, 0.5) is 0 Å². The van der Waals surface area contributed by atoms with Crippen LogP contribution in [0.2, 0.25) is 0 Å². The average Bonchev–Trinajstić information content (AvgIpc) is 3.26. The van der Waals surface area contributed by atoms with Gasteiger partial charge in [-0.25, -0.2) is 24.9 Å². The van der Waals surface area contributed by atoms with Crippen LogP contribution in [0.15, 0.2) is 188 Å². The van der Waals surface area contributed by atoms with Crippen molar-refractivity contribution in [2.24, 2.45) is 0 Å². The van der Waals surface area contributed by atoms with Crippen LogP contribution in [-0.2, 0) is 0 Å². The normalized spacial score (nSPS) is 11.3. The molecule has 0 fully saturated rings. The van der Waals surface area contributed by atoms with Crippen LogP contribution < -0.4 is 0 Å². The molecule has 0 unspecified atom stereocenters. The predicted molar refractivity (Wildman–Crippen MR) is 221 cm³/mol. The first kappa shape index (κ1) is 31.4. The molecule has 0 aliphatic heterocycles. The van der Waals surface area contributed by atoms with Crippen LogP contribution >= 0.6 is 0 Å². The van der Waals surface area contributed by atoms with Gasteiger partial charge in [-0.2, -0.15) is 0 Å². The Kier molecular flexibility index (Phi) is 7.73. The summed E-state index contributed by atoms with van der Waals surface area (Å²) in [5.41, 5.74) is 10.8. The molecule has 0 bridgehead atoms. The van der Waals surface area contributed by atoms with E-state index in [0.717, 1.165) is 82.9 Å². The van der Waals surface area contributed by atoms with Crippen molar-refractivity contribution in [2.75, 3.05) is 0 Å². The fourth-order valence-corrected chi connectivity index (χ4v) is 7.23. The zero-order valence-corrected chi connectivity index (χ0v) is 29.1. The lowest BCUT2D eigenvalue weighted by atomic mass is 9.92. The van der Waals surface area contributed by atoms with Crippen molar-refractivity contribution in [3.8, 4) is 67.8 Å². The number of nitrogens with zero attached hydrogens (tertiary/aromatic N) is 5. The van der Waals surface area contributed by atoms with Crippen molar-refractivity contribution in [3.63, 3.8) is 0 Å². The standard InChI is InChI=1S/C49H31N5/c1-4-13-32(14-5-1)43-29-25-33-23-24-34-26-30-44(51-46(34)45(33)50-43)42-28-27-39(40-21-10-11-22-41(40)42)37-19-12-20-38(31-37)49-53-47(35-15-6-2-7-16-35)52-48(54-49)36-17-8-3-9-18-36/h1-31H. The quantitative estimate of drug-likeness (QED) is 0.163. The topological polar surface area (TPSA) is 64.5 Å². The molecule has 0 N–H and O–H groups in total. The van der Waals surface area contributed by atoms with Gasteiger partial charge in [0.1, 0.15) is 0 Å². The van der Waals surface area contributed by atoms with Gasteiger partial charge in [-0.3, -0.25) is 0 Å². The molecular weight excluding hydrogens is 659 g/mol. The number of hydrogen-bond donors (Lipinski definition) is 0. The fourth-order valence-electron chi connectivity index (χ4n) is 7.23. The molecule has 5 heteroatoms. The van der Waals surface area contributed by atoms with E-state index in [1.165, 1.54) is 0 Å². The first-order valence-corrected chi connectivity index (χ1v) is 18.0. The molecule has 0 radical (unpaired) electrons. The van der Waals surface area contributed by atoms with Gasteiger partial charge in [0.2, 0.25) is 0 Å². The number of fused-ring (bicyclic) bond motifs is 4. The summed E-state index contributed by atoms with van der Waals surface area (Å²) < 4.78 is 0. The molecule has 252 valence electrons. The minimum absolute atomic E-state index is 0.627. The highest BCUT2D eigenvalue weighted by Gasteiger charge is 2.16. The zero-order chi connectivity index (χ0) is 35.8. The van der Waals surface area contributed by atoms with Gasteiger partial charge in [0.15, 0.2) is 17.5 Å². The molecule has 7 aromatic carbocycles. The number of benzene rings is 7. The summed E-state index contributed by atoms with van der Waals surface area (Å²) >= 11 is 0. The maximum Gasteiger partial charge on any atom is 0.164 e. The molecule has 0 amide bonds. The second-order valence-corrected chi connectivity index (χ2v) is 13.3. The van der Waals surface area contributed by atoms with Crippen LogP contribution in [0.25, 0.3) is 100 Å². The summed E-state index contributed by atoms with van der Waals surface area (Å²) in [6.45, 7) is 0. The van der Waals surface area contributed by atoms with Crippen LogP contribution in [0.1, 0.15) is 0 Å². The lowest BCUT2D eigenvalue weighted by molar-refractivity contribution is 1.07. The summed E-state index contributed by atoms with van der Waals surface area (Å²) in [5.74, 6) is 1.91. The van der Waals surface area contributed by atoms with E-state index in [2.05, 4.69) is 109 Å². The van der Waals surface area contributed by atoms with Crippen molar-refractivity contribution in [1.82, 2.24) is 24.9 Å². The molecule has 54 heavy (non-hydrogen) atoms. The van der Waals surface area contributed by atoms with Gasteiger partial charge in [-0.1, -0.05) is 170 Å². The fraction of sp³-hybridized carbons (Fsp3) is 0. The van der Waals surface area contributed by atoms with Crippen LogP contribution in [0.3, 0.4) is 0 Å². The molecule has 0 aliphatic rings. The van der Waals surface area contributed by atoms with E-state index >= 15 is 0 Å². The Hall–Kier alpha value is -7.37. The molecule has 5 nitrogen and oxygen atoms in total. The summed E-state index contributed by atoms with van der Waals surface area (Å²) in [7, 11) is 0. The molecule has 0 spiro atoms. The number of pyridine rings is 2. The van der Waals surface area contributed by atoms with Gasteiger partial charge < -0.3 is 0 Å². The van der Waals surface area contributed by atoms with Gasteiger partial charge in [0.25, 0.3) is 0 Å². The Balaban J connectivity index is 1.08. The summed E-state index contributed by atoms with van der Waals surface area (Å²) in [6.07, 6.45) is 0. The molecule has 0 atom stereocenters. The van der Waals surface area contributed by atoms with Gasteiger partial charge in [-0.15, -0.1) is 0 Å². The van der Waals surface area contributed by atoms with Gasteiger partial charge in [0.05, 0.1) is 22.4 Å². The highest BCUT2D eigenvalue weighted by Crippen LogP contribution is 2.38. The zero-order valence-electron chi connectivity index (χ0n) is 29.1. The van der Waals surface area contributed by atoms with Crippen LogP contribution in [-0.4, -0.2) is 24.9 Å². The number of aromatic nitrogens is 5. The van der Waals surface area contributed by atoms with E-state index in [9.17, 15) is 0 Å². The Labute approximate surface area is 312 Å². The highest BCUT2D eigenvalue weighted by atomic mass is 15.0. The second kappa shape index (κ2) is 13.3. The third-order valence-corrected chi connectivity index (χ3v) is 9.92. The average molecular weight is 690 g/mol. The third-order valence-electron chi connectivity index (χ3n) is 9.92. The first-order valence-electron chi connectivity index (χ1n) is 18.0. The third kappa shape index (κ3) is 5.74. The minimum atomic E-state index is 0.627. The largest absolute Gasteiger partial charge is 0.245 e. The van der Waals surface area contributed by atoms with Crippen LogP contribution in [0, 0.1) is 0 Å². The van der Waals surface area contributed by atoms with E-state index in [0.29, 0.717) is 17.5 Å². The van der Waals surface area contributed by atoms with Crippen molar-refractivity contribution < 1.29 is 0 Å². The Morgan fingerprint density at radius 3 is 1.30 bits per heavy atom. The van der Waals surface area contributed by atoms with Crippen molar-refractivity contribution >= 4 is 32.6 Å². The molecular formula is C49H31N5. The van der Waals surface area contributed by atoms with Crippen LogP contribution in [0.5, 0.6) is 0 Å². The summed E-state index contributed by atoms with van der Waals surface area (Å²) in [5, 5.41) is 4.40. The van der Waals surface area contributed by atoms with E-state index in [1.807, 2.05) is 78.9 Å². The highest BCUT2D eigenvalue weighted by molar-refractivity contribution is 6.07. The monoisotopic (exact) mass is 689 g/mol. The van der Waals surface area contributed by atoms with E-state index in [-0.39, 0.29) is 0 Å². The molecule has 10 aromatic rings. The van der Waals surface area contributed by atoms with Crippen molar-refractivity contribution in [2.45, 2.75) is 0 Å². The first-order chi connectivity index (χ1) is 26.7. The van der Waals surface area contributed by atoms with Crippen molar-refractivity contribution in [1.29, 1.82) is 0 Å². The van der Waals surface area contributed by atoms with Gasteiger partial charge in [0, 0.05) is 38.6 Å². The smallest absolute Gasteiger partial charge is 0.164 e. The summed E-state index contributed by atoms with van der Waals surface area (Å²) in [4.78, 5) is 25.3. The lowest BCUT2D eigenvalue weighted by Crippen LogP contribution is -2.00. The number of hydrogen-bond acceptors (Lipinski definition) is 5. The van der Waals surface area contributed by atoms with Gasteiger partial charge >= 0.3 is 0 Å². The SMILES string of the molecule is c1ccc(-c2ccc3ccc4ccc(-c5ccc(-c6cccc(-c7nc(-c8ccccc8)nc(-c8ccccc8)n7)c6)c6ccccc56)nc4c3n2)cc1. The maximum atomic E-state index is 5.30. The second-order valence-electron chi connectivity index (χ2n) is 13.3. The summed E-state index contributed by atoms with van der Waals surface area (Å²) in [6, 6.07) is 64.6. The molecule has 10 rings (SSSR count). The van der Waals surface area contributed by atoms with Crippen molar-refractivity contribution in [3.05, 3.63) is 188 Å². The molecule has 0 saturated carbocycles. The molecule has 0 saturated heterocycles. The number of rotatable bonds is 6. The maximum absolute atomic E-state index is 5.30. The Morgan fingerprint density at radius 1 is 0.259 bits per heavy atom. The Bertz CT molecular complexity index is 2920. The predicted octanol–water partition coefficient (Wildman–Crippen LogP) is 12.1. The van der Waals surface area contributed by atoms with E-state index in [4.69, 9.17) is 24.9 Å². The molecule has 3 aromatic heterocycles. The minimum Gasteiger partial charge on any atom is -0.245 e. The van der Waals surface area contributed by atoms with Gasteiger partial charge in [-0.05, 0) is 40.1 Å². The van der Waals surface area contributed by atoms with E-state index < -0.39 is 0 Å². The lowest BCUT2D eigenvalue weighted by Gasteiger charge is -2.14. The van der Waals surface area contributed by atoms with E-state index in [1.54, 1.807) is 0 Å². The molecule has 3 heterocycles. The molecule has 0 aliphatic carbocycles.